The number of unbranched alkanes of at least 4 members (excludes halogenated alkanes) is 6. The van der Waals surface area contributed by atoms with E-state index in [1.165, 1.54) is 32.1 Å². The topological polar surface area (TPSA) is 128 Å². The van der Waals surface area contributed by atoms with Gasteiger partial charge in [-0.15, -0.1) is 0 Å². The van der Waals surface area contributed by atoms with E-state index < -0.39 is 5.97 Å². The van der Waals surface area contributed by atoms with E-state index in [-0.39, 0.29) is 6.61 Å². The number of ether oxygens (including phenoxy) is 12. The maximum atomic E-state index is 11.2. The Balaban J connectivity index is 1.61. The molecule has 0 aliphatic rings. The highest BCUT2D eigenvalue weighted by atomic mass is 16.6. The summed E-state index contributed by atoms with van der Waals surface area (Å²) >= 11 is 0. The molecule has 0 heterocycles. The summed E-state index contributed by atoms with van der Waals surface area (Å²) in [4.78, 5) is 11.2. The van der Waals surface area contributed by atoms with Crippen LogP contribution in [0.25, 0.3) is 0 Å². The van der Waals surface area contributed by atoms with E-state index in [9.17, 15) is 4.79 Å². The first-order valence-corrected chi connectivity index (χ1v) is 19.0. The summed E-state index contributed by atoms with van der Waals surface area (Å²) < 4.78 is 65.5. The van der Waals surface area contributed by atoms with Gasteiger partial charge >= 0.3 is 5.97 Å². The van der Waals surface area contributed by atoms with Gasteiger partial charge in [0.25, 0.3) is 0 Å². The van der Waals surface area contributed by atoms with Crippen LogP contribution in [0, 0.1) is 0 Å². The molecule has 0 saturated carbocycles. The summed E-state index contributed by atoms with van der Waals surface area (Å²) in [5.74, 6) is 0.546. The number of para-hydroxylation sites is 1. The minimum Gasteiger partial charge on any atom is -0.494 e. The smallest absolute Gasteiger partial charge is 0.333 e. The Hall–Kier alpha value is -2.17. The molecule has 13 nitrogen and oxygen atoms in total. The van der Waals surface area contributed by atoms with Crippen LogP contribution in [0.3, 0.4) is 0 Å². The lowest BCUT2D eigenvalue weighted by Gasteiger charge is -2.09. The van der Waals surface area contributed by atoms with Gasteiger partial charge in [-0.3, -0.25) is 0 Å². The summed E-state index contributed by atoms with van der Waals surface area (Å²) in [7, 11) is 0. The Morgan fingerprint density at radius 1 is 0.404 bits per heavy atom. The lowest BCUT2D eigenvalue weighted by atomic mass is 10.1. The van der Waals surface area contributed by atoms with Gasteiger partial charge in [-0.05, 0) is 31.9 Å². The summed E-state index contributed by atoms with van der Waals surface area (Å²) in [6.45, 7) is 16.4. The van der Waals surface area contributed by atoms with Crippen molar-refractivity contribution in [1.29, 1.82) is 0 Å². The van der Waals surface area contributed by atoms with Crippen LogP contribution in [-0.4, -0.2) is 151 Å². The molecule has 0 bridgehead atoms. The molecule has 0 radical (unpaired) electrons. The largest absolute Gasteiger partial charge is 0.494 e. The number of benzene rings is 1. The molecular weight excluding hydrogens is 676 g/mol. The van der Waals surface area contributed by atoms with Gasteiger partial charge in [0.2, 0.25) is 0 Å². The molecule has 0 N–H and O–H groups in total. The number of carbonyl (C=O) groups excluding carboxylic acids is 1. The molecule has 13 heteroatoms. The Bertz CT molecular complexity index is 890. The lowest BCUT2D eigenvalue weighted by Crippen LogP contribution is -2.15. The second-order valence-corrected chi connectivity index (χ2v) is 11.7. The minimum absolute atomic E-state index is 0.200. The lowest BCUT2D eigenvalue weighted by molar-refractivity contribution is -0.140. The fourth-order valence-electron chi connectivity index (χ4n) is 4.29. The molecule has 1 rings (SSSR count). The molecular formula is C39H68O13. The monoisotopic (exact) mass is 744 g/mol. The van der Waals surface area contributed by atoms with Crippen LogP contribution in [0.4, 0.5) is 0 Å². The summed E-state index contributed by atoms with van der Waals surface area (Å²) in [6, 6.07) is 10.0. The van der Waals surface area contributed by atoms with Crippen LogP contribution < -0.4 is 4.74 Å². The Kier molecular flexibility index (Phi) is 36.8. The quantitative estimate of drug-likeness (QED) is 0.0502. The van der Waals surface area contributed by atoms with Gasteiger partial charge in [0.1, 0.15) is 12.4 Å². The SMILES string of the molecule is C=C(C)C(=O)OCCOCCOCCOCCOCCOCCOCCOCCOCCOCCOCCCCCCCCCOc1ccccc1. The maximum Gasteiger partial charge on any atom is 0.333 e. The second kappa shape index (κ2) is 40.0. The zero-order valence-corrected chi connectivity index (χ0v) is 31.9. The van der Waals surface area contributed by atoms with Crippen LogP contribution in [0.15, 0.2) is 42.5 Å². The summed E-state index contributed by atoms with van der Waals surface area (Å²) in [6.07, 6.45) is 8.46. The molecule has 0 amide bonds. The fraction of sp³-hybridized carbons (Fsp3) is 0.769. The Morgan fingerprint density at radius 3 is 1.04 bits per heavy atom. The van der Waals surface area contributed by atoms with E-state index >= 15 is 0 Å². The Labute approximate surface area is 312 Å². The van der Waals surface area contributed by atoms with E-state index in [1.807, 2.05) is 30.3 Å². The van der Waals surface area contributed by atoms with Crippen molar-refractivity contribution in [3.8, 4) is 5.75 Å². The van der Waals surface area contributed by atoms with Crippen molar-refractivity contribution < 1.29 is 61.6 Å². The molecule has 0 unspecified atom stereocenters. The van der Waals surface area contributed by atoms with Gasteiger partial charge < -0.3 is 56.8 Å². The van der Waals surface area contributed by atoms with Crippen molar-refractivity contribution in [3.05, 3.63) is 42.5 Å². The van der Waals surface area contributed by atoms with Gasteiger partial charge in [-0.1, -0.05) is 56.9 Å². The van der Waals surface area contributed by atoms with E-state index in [0.29, 0.717) is 131 Å². The van der Waals surface area contributed by atoms with Crippen molar-refractivity contribution in [2.75, 3.05) is 145 Å². The second-order valence-electron chi connectivity index (χ2n) is 11.7. The predicted octanol–water partition coefficient (Wildman–Crippen LogP) is 5.08. The maximum absolute atomic E-state index is 11.2. The van der Waals surface area contributed by atoms with E-state index in [0.717, 1.165) is 31.8 Å². The average molecular weight is 745 g/mol. The Morgan fingerprint density at radius 2 is 0.692 bits per heavy atom. The summed E-state index contributed by atoms with van der Waals surface area (Å²) in [5, 5.41) is 0. The molecule has 0 aliphatic heterocycles. The van der Waals surface area contributed by atoms with Crippen LogP contribution in [0.2, 0.25) is 0 Å². The van der Waals surface area contributed by atoms with Gasteiger partial charge in [-0.2, -0.15) is 0 Å². The fourth-order valence-corrected chi connectivity index (χ4v) is 4.29. The van der Waals surface area contributed by atoms with E-state index in [4.69, 9.17) is 56.8 Å². The minimum atomic E-state index is -0.411. The molecule has 52 heavy (non-hydrogen) atoms. The van der Waals surface area contributed by atoms with Crippen LogP contribution in [-0.2, 0) is 56.9 Å². The first kappa shape index (κ1) is 47.9. The predicted molar refractivity (Wildman–Crippen MR) is 198 cm³/mol. The molecule has 0 atom stereocenters. The average Bonchev–Trinajstić information content (AvgIpc) is 3.15. The van der Waals surface area contributed by atoms with Gasteiger partial charge in [0, 0.05) is 12.2 Å². The first-order chi connectivity index (χ1) is 25.7. The molecule has 0 aliphatic carbocycles. The molecule has 302 valence electrons. The standard InChI is InChI=1S/C39H68O13/c1-37(2)39(40)52-36-35-50-34-33-49-32-31-48-30-29-47-28-27-46-26-25-45-24-23-44-22-21-43-20-19-42-18-17-41-15-11-6-4-3-5-7-12-16-51-38-13-9-8-10-14-38/h8-10,13-14H,1,3-7,11-12,15-36H2,2H3. The van der Waals surface area contributed by atoms with E-state index in [2.05, 4.69) is 6.58 Å². The third-order valence-corrected chi connectivity index (χ3v) is 7.10. The number of carbonyl (C=O) groups is 1. The number of esters is 1. The normalized spacial score (nSPS) is 11.2. The van der Waals surface area contributed by atoms with Gasteiger partial charge in [0.15, 0.2) is 0 Å². The van der Waals surface area contributed by atoms with Crippen LogP contribution in [0.1, 0.15) is 51.9 Å². The highest BCUT2D eigenvalue weighted by Crippen LogP contribution is 2.11. The first-order valence-electron chi connectivity index (χ1n) is 19.0. The molecule has 1 aromatic carbocycles. The zero-order chi connectivity index (χ0) is 37.3. The molecule has 1 aromatic rings. The number of hydrogen-bond acceptors (Lipinski definition) is 13. The molecule has 0 saturated heterocycles. The number of hydrogen-bond donors (Lipinski definition) is 0. The van der Waals surface area contributed by atoms with Gasteiger partial charge in [0.05, 0.1) is 132 Å². The van der Waals surface area contributed by atoms with Crippen LogP contribution >= 0.6 is 0 Å². The highest BCUT2D eigenvalue weighted by Gasteiger charge is 2.02. The zero-order valence-electron chi connectivity index (χ0n) is 31.9. The summed E-state index contributed by atoms with van der Waals surface area (Å²) in [5.41, 5.74) is 0.371. The van der Waals surface area contributed by atoms with Crippen molar-refractivity contribution in [2.45, 2.75) is 51.9 Å². The van der Waals surface area contributed by atoms with Gasteiger partial charge in [-0.25, -0.2) is 4.79 Å². The molecule has 0 aromatic heterocycles. The van der Waals surface area contributed by atoms with Crippen molar-refractivity contribution >= 4 is 5.97 Å². The number of rotatable bonds is 42. The van der Waals surface area contributed by atoms with E-state index in [1.54, 1.807) is 6.92 Å². The molecule has 0 fully saturated rings. The third-order valence-electron chi connectivity index (χ3n) is 7.10. The molecule has 0 spiro atoms. The van der Waals surface area contributed by atoms with Crippen molar-refractivity contribution in [2.24, 2.45) is 0 Å². The van der Waals surface area contributed by atoms with Crippen LogP contribution in [0.5, 0.6) is 5.75 Å². The highest BCUT2D eigenvalue weighted by molar-refractivity contribution is 5.86. The van der Waals surface area contributed by atoms with Crippen molar-refractivity contribution in [1.82, 2.24) is 0 Å². The third kappa shape index (κ3) is 36.2. The van der Waals surface area contributed by atoms with Crippen molar-refractivity contribution in [3.63, 3.8) is 0 Å².